The molecule has 1 aliphatic heterocycles. The molecule has 2 aromatic rings. The first-order valence-corrected chi connectivity index (χ1v) is 12.0. The minimum absolute atomic E-state index is 0.219. The van der Waals surface area contributed by atoms with Crippen LogP contribution >= 0.6 is 11.8 Å². The lowest BCUT2D eigenvalue weighted by Gasteiger charge is -2.28. The van der Waals surface area contributed by atoms with Gasteiger partial charge in [-0.15, -0.1) is 0 Å². The van der Waals surface area contributed by atoms with E-state index in [-0.39, 0.29) is 6.04 Å². The number of ether oxygens (including phenoxy) is 1. The standard InChI is InChI=1S/C23H33N3O2S/c1-29-18-7-3-2-6-14-24-23(25-15-12-19-9-8-16-27-19)26-21-13-17-28-22-11-5-4-10-20(21)22/h4-5,8-11,16,21H,2-3,6-7,12-15,17-18H2,1H3,(H2,24,25,26). The first kappa shape index (κ1) is 21.6. The fourth-order valence-electron chi connectivity index (χ4n) is 3.47. The van der Waals surface area contributed by atoms with E-state index in [9.17, 15) is 0 Å². The van der Waals surface area contributed by atoms with Crippen molar-refractivity contribution in [1.82, 2.24) is 10.6 Å². The third kappa shape index (κ3) is 7.35. The van der Waals surface area contributed by atoms with E-state index in [0.717, 1.165) is 56.4 Å². The molecule has 0 amide bonds. The molecular weight excluding hydrogens is 382 g/mol. The van der Waals surface area contributed by atoms with Crippen molar-refractivity contribution in [2.45, 2.75) is 44.6 Å². The Morgan fingerprint density at radius 1 is 1.14 bits per heavy atom. The Morgan fingerprint density at radius 3 is 2.90 bits per heavy atom. The molecule has 29 heavy (non-hydrogen) atoms. The van der Waals surface area contributed by atoms with E-state index in [2.05, 4.69) is 29.0 Å². The molecule has 0 saturated carbocycles. The van der Waals surface area contributed by atoms with Crippen LogP contribution in [0.1, 0.15) is 49.5 Å². The summed E-state index contributed by atoms with van der Waals surface area (Å²) in [6, 6.07) is 12.4. The number of para-hydroxylation sites is 1. The second-order valence-corrected chi connectivity index (χ2v) is 8.25. The number of nitrogens with zero attached hydrogens (tertiary/aromatic N) is 1. The lowest BCUT2D eigenvalue weighted by molar-refractivity contribution is 0.261. The van der Waals surface area contributed by atoms with Gasteiger partial charge in [-0.3, -0.25) is 4.99 Å². The fourth-order valence-corrected chi connectivity index (χ4v) is 3.96. The second-order valence-electron chi connectivity index (χ2n) is 7.27. The van der Waals surface area contributed by atoms with Crippen molar-refractivity contribution in [2.75, 3.05) is 31.7 Å². The van der Waals surface area contributed by atoms with Gasteiger partial charge in [0.1, 0.15) is 11.5 Å². The average molecular weight is 416 g/mol. The van der Waals surface area contributed by atoms with Crippen LogP contribution in [0.4, 0.5) is 0 Å². The highest BCUT2D eigenvalue weighted by Gasteiger charge is 2.21. The summed E-state index contributed by atoms with van der Waals surface area (Å²) < 4.78 is 11.2. The maximum atomic E-state index is 5.80. The van der Waals surface area contributed by atoms with Crippen molar-refractivity contribution in [3.63, 3.8) is 0 Å². The monoisotopic (exact) mass is 415 g/mol. The van der Waals surface area contributed by atoms with Gasteiger partial charge >= 0.3 is 0 Å². The van der Waals surface area contributed by atoms with Gasteiger partial charge in [0.2, 0.25) is 0 Å². The van der Waals surface area contributed by atoms with Crippen LogP contribution in [0.3, 0.4) is 0 Å². The first-order chi connectivity index (χ1) is 14.4. The zero-order valence-corrected chi connectivity index (χ0v) is 18.2. The van der Waals surface area contributed by atoms with Crippen LogP contribution in [0, 0.1) is 0 Å². The van der Waals surface area contributed by atoms with E-state index in [1.54, 1.807) is 6.26 Å². The molecule has 6 heteroatoms. The number of hydrogen-bond acceptors (Lipinski definition) is 4. The van der Waals surface area contributed by atoms with Crippen LogP contribution < -0.4 is 15.4 Å². The molecule has 0 bridgehead atoms. The summed E-state index contributed by atoms with van der Waals surface area (Å²) in [5.74, 6) is 4.09. The summed E-state index contributed by atoms with van der Waals surface area (Å²) >= 11 is 1.93. The maximum Gasteiger partial charge on any atom is 0.191 e. The minimum Gasteiger partial charge on any atom is -0.493 e. The second kappa shape index (κ2) is 12.5. The third-order valence-electron chi connectivity index (χ3n) is 5.04. The topological polar surface area (TPSA) is 58.8 Å². The SMILES string of the molecule is CSCCCCCCN=C(NCCc1ccco1)NC1CCOc2ccccc21. The molecule has 1 atom stereocenters. The zero-order valence-electron chi connectivity index (χ0n) is 17.4. The molecule has 1 aromatic carbocycles. The molecular formula is C23H33N3O2S. The Kier molecular flexibility index (Phi) is 9.30. The van der Waals surface area contributed by atoms with E-state index < -0.39 is 0 Å². The van der Waals surface area contributed by atoms with Crippen LogP contribution in [-0.2, 0) is 6.42 Å². The van der Waals surface area contributed by atoms with Gasteiger partial charge < -0.3 is 19.8 Å². The molecule has 0 fully saturated rings. The van der Waals surface area contributed by atoms with Crippen molar-refractivity contribution in [3.05, 3.63) is 54.0 Å². The number of fused-ring (bicyclic) bond motifs is 1. The normalized spacial score (nSPS) is 16.2. The van der Waals surface area contributed by atoms with Gasteiger partial charge in [0.25, 0.3) is 0 Å². The molecule has 0 radical (unpaired) electrons. The Bertz CT molecular complexity index is 733. The Hall–Kier alpha value is -2.08. The van der Waals surface area contributed by atoms with Crippen molar-refractivity contribution >= 4 is 17.7 Å². The first-order valence-electron chi connectivity index (χ1n) is 10.6. The Morgan fingerprint density at radius 2 is 2.03 bits per heavy atom. The molecule has 2 heterocycles. The van der Waals surface area contributed by atoms with Gasteiger partial charge in [-0.25, -0.2) is 0 Å². The number of benzene rings is 1. The van der Waals surface area contributed by atoms with E-state index in [4.69, 9.17) is 14.1 Å². The summed E-state index contributed by atoms with van der Waals surface area (Å²) in [5, 5.41) is 7.11. The van der Waals surface area contributed by atoms with Gasteiger partial charge in [0, 0.05) is 31.5 Å². The molecule has 3 rings (SSSR count). The van der Waals surface area contributed by atoms with Crippen molar-refractivity contribution < 1.29 is 9.15 Å². The number of nitrogens with one attached hydrogen (secondary N) is 2. The van der Waals surface area contributed by atoms with E-state index in [1.807, 2.05) is 36.0 Å². The number of furan rings is 1. The number of thioether (sulfide) groups is 1. The molecule has 1 aromatic heterocycles. The molecule has 0 saturated heterocycles. The van der Waals surface area contributed by atoms with Crippen LogP contribution in [0.5, 0.6) is 5.75 Å². The number of hydrogen-bond donors (Lipinski definition) is 2. The number of rotatable bonds is 11. The van der Waals surface area contributed by atoms with Crippen LogP contribution in [0.2, 0.25) is 0 Å². The molecule has 158 valence electrons. The van der Waals surface area contributed by atoms with Crippen LogP contribution in [-0.4, -0.2) is 37.7 Å². The molecule has 0 aliphatic carbocycles. The highest BCUT2D eigenvalue weighted by molar-refractivity contribution is 7.98. The van der Waals surface area contributed by atoms with Crippen molar-refractivity contribution in [2.24, 2.45) is 4.99 Å². The number of aliphatic imine (C=N–C) groups is 1. The summed E-state index contributed by atoms with van der Waals surface area (Å²) in [6.45, 7) is 2.36. The summed E-state index contributed by atoms with van der Waals surface area (Å²) in [4.78, 5) is 4.85. The molecule has 2 N–H and O–H groups in total. The molecule has 1 aliphatic rings. The van der Waals surface area contributed by atoms with Crippen molar-refractivity contribution in [1.29, 1.82) is 0 Å². The van der Waals surface area contributed by atoms with Crippen LogP contribution in [0.15, 0.2) is 52.1 Å². The van der Waals surface area contributed by atoms with Crippen molar-refractivity contribution in [3.8, 4) is 5.75 Å². The average Bonchev–Trinajstić information content (AvgIpc) is 3.26. The predicted octanol–water partition coefficient (Wildman–Crippen LogP) is 4.80. The third-order valence-corrected chi connectivity index (χ3v) is 5.74. The molecule has 1 unspecified atom stereocenters. The van der Waals surface area contributed by atoms with Gasteiger partial charge in [0.05, 0.1) is 18.9 Å². The quantitative estimate of drug-likeness (QED) is 0.313. The maximum absolute atomic E-state index is 5.80. The Labute approximate surface area is 178 Å². The zero-order chi connectivity index (χ0) is 20.2. The molecule has 5 nitrogen and oxygen atoms in total. The van der Waals surface area contributed by atoms with Gasteiger partial charge in [0.15, 0.2) is 5.96 Å². The van der Waals surface area contributed by atoms with Gasteiger partial charge in [-0.05, 0) is 43.0 Å². The summed E-state index contributed by atoms with van der Waals surface area (Å²) in [5.41, 5.74) is 1.20. The van der Waals surface area contributed by atoms with Gasteiger partial charge in [-0.2, -0.15) is 11.8 Å². The van der Waals surface area contributed by atoms with Crippen LogP contribution in [0.25, 0.3) is 0 Å². The smallest absolute Gasteiger partial charge is 0.191 e. The van der Waals surface area contributed by atoms with E-state index >= 15 is 0 Å². The van der Waals surface area contributed by atoms with E-state index in [1.165, 1.54) is 30.6 Å². The fraction of sp³-hybridized carbons (Fsp3) is 0.522. The highest BCUT2D eigenvalue weighted by Crippen LogP contribution is 2.31. The summed E-state index contributed by atoms with van der Waals surface area (Å²) in [6.07, 6.45) is 10.6. The number of guanidine groups is 1. The highest BCUT2D eigenvalue weighted by atomic mass is 32.2. The Balaban J connectivity index is 1.54. The predicted molar refractivity (Wildman–Crippen MR) is 122 cm³/mol. The summed E-state index contributed by atoms with van der Waals surface area (Å²) in [7, 11) is 0. The van der Waals surface area contributed by atoms with E-state index in [0.29, 0.717) is 0 Å². The lowest BCUT2D eigenvalue weighted by atomic mass is 10.0. The molecule has 0 spiro atoms. The lowest BCUT2D eigenvalue weighted by Crippen LogP contribution is -2.42. The number of unbranched alkanes of at least 4 members (excludes halogenated alkanes) is 3. The minimum atomic E-state index is 0.219. The van der Waals surface area contributed by atoms with Gasteiger partial charge in [-0.1, -0.05) is 31.0 Å². The largest absolute Gasteiger partial charge is 0.493 e.